The lowest BCUT2D eigenvalue weighted by atomic mass is 9.77. The number of carbonyl (C=O) groups excluding carboxylic acids is 2. The van der Waals surface area contributed by atoms with Gasteiger partial charge >= 0.3 is 11.9 Å². The number of esters is 2. The molecule has 0 atom stereocenters. The highest BCUT2D eigenvalue weighted by molar-refractivity contribution is 5.90. The van der Waals surface area contributed by atoms with Gasteiger partial charge in [-0.05, 0) is 76.3 Å². The molecule has 0 radical (unpaired) electrons. The molecular formula is C32H48O6. The number of ether oxygens (including phenoxy) is 2. The Morgan fingerprint density at radius 2 is 1.34 bits per heavy atom. The van der Waals surface area contributed by atoms with E-state index < -0.39 is 29.1 Å². The van der Waals surface area contributed by atoms with Gasteiger partial charge in [0.1, 0.15) is 13.2 Å². The zero-order valence-corrected chi connectivity index (χ0v) is 24.1. The van der Waals surface area contributed by atoms with Gasteiger partial charge in [-0.3, -0.25) is 0 Å². The van der Waals surface area contributed by atoms with Gasteiger partial charge in [0, 0.05) is 0 Å². The molecule has 38 heavy (non-hydrogen) atoms. The normalized spacial score (nSPS) is 18.2. The van der Waals surface area contributed by atoms with Gasteiger partial charge in [0.15, 0.2) is 0 Å². The molecule has 2 rings (SSSR count). The first-order valence-corrected chi connectivity index (χ1v) is 14.0. The highest BCUT2D eigenvalue weighted by atomic mass is 16.5. The Kier molecular flexibility index (Phi) is 11.8. The number of aliphatic hydroxyl groups is 2. The van der Waals surface area contributed by atoms with Crippen LogP contribution in [0.2, 0.25) is 0 Å². The molecule has 0 amide bonds. The number of benzene rings is 1. The second-order valence-electron chi connectivity index (χ2n) is 11.8. The Labute approximate surface area is 229 Å². The summed E-state index contributed by atoms with van der Waals surface area (Å²) in [7, 11) is 0. The van der Waals surface area contributed by atoms with E-state index in [0.29, 0.717) is 5.92 Å². The first-order valence-electron chi connectivity index (χ1n) is 14.0. The molecule has 1 saturated carbocycles. The summed E-state index contributed by atoms with van der Waals surface area (Å²) in [5.41, 5.74) is -0.737. The molecule has 0 spiro atoms. The number of unbranched alkanes of at least 4 members (excludes halogenated alkanes) is 2. The van der Waals surface area contributed by atoms with Crippen molar-refractivity contribution in [3.63, 3.8) is 0 Å². The van der Waals surface area contributed by atoms with Crippen molar-refractivity contribution in [3.8, 4) is 0 Å². The van der Waals surface area contributed by atoms with Crippen molar-refractivity contribution in [1.82, 2.24) is 0 Å². The van der Waals surface area contributed by atoms with Gasteiger partial charge in [-0.2, -0.15) is 0 Å². The molecule has 0 unspecified atom stereocenters. The number of carbonyl (C=O) groups is 2. The molecule has 1 aliphatic carbocycles. The van der Waals surface area contributed by atoms with Crippen molar-refractivity contribution in [3.05, 3.63) is 59.7 Å². The lowest BCUT2D eigenvalue weighted by Crippen LogP contribution is -2.30. The molecular weight excluding hydrogens is 480 g/mol. The fraction of sp³-hybridized carbons (Fsp3) is 0.625. The third-order valence-corrected chi connectivity index (χ3v) is 7.74. The van der Waals surface area contributed by atoms with Crippen LogP contribution in [0.25, 0.3) is 0 Å². The second-order valence-corrected chi connectivity index (χ2v) is 11.8. The van der Waals surface area contributed by atoms with Crippen LogP contribution in [0, 0.1) is 5.92 Å². The van der Waals surface area contributed by atoms with Gasteiger partial charge in [-0.1, -0.05) is 70.0 Å². The quantitative estimate of drug-likeness (QED) is 0.166. The zero-order chi connectivity index (χ0) is 28.5. The summed E-state index contributed by atoms with van der Waals surface area (Å²) in [5, 5.41) is 20.1. The lowest BCUT2D eigenvalue weighted by molar-refractivity contribution is -0.144. The van der Waals surface area contributed by atoms with Crippen molar-refractivity contribution in [2.75, 3.05) is 13.2 Å². The van der Waals surface area contributed by atoms with Crippen molar-refractivity contribution in [2.45, 2.75) is 109 Å². The largest absolute Gasteiger partial charge is 0.461 e. The maximum absolute atomic E-state index is 12.4. The maximum Gasteiger partial charge on any atom is 0.336 e. The van der Waals surface area contributed by atoms with E-state index >= 15 is 0 Å². The van der Waals surface area contributed by atoms with Crippen molar-refractivity contribution in [2.24, 2.45) is 5.92 Å². The summed E-state index contributed by atoms with van der Waals surface area (Å²) in [5.74, 6) is -0.450. The molecule has 0 aromatic heterocycles. The van der Waals surface area contributed by atoms with Crippen LogP contribution in [0.15, 0.2) is 48.6 Å². The predicted molar refractivity (Wildman–Crippen MR) is 151 cm³/mol. The Balaban J connectivity index is 2.07. The van der Waals surface area contributed by atoms with E-state index in [1.165, 1.54) is 84.6 Å². The second kappa shape index (κ2) is 14.1. The summed E-state index contributed by atoms with van der Waals surface area (Å²) < 4.78 is 10.9. The molecule has 1 aromatic carbocycles. The van der Waals surface area contributed by atoms with Gasteiger partial charge < -0.3 is 19.7 Å². The minimum absolute atomic E-state index is 0.0516. The lowest BCUT2D eigenvalue weighted by Gasteiger charge is -2.29. The molecule has 2 N–H and O–H groups in total. The fourth-order valence-electron chi connectivity index (χ4n) is 4.77. The minimum Gasteiger partial charge on any atom is -0.461 e. The maximum atomic E-state index is 12.4. The SMILES string of the molecule is C=C(C(=O)OCC(COC(=O)C(=C)C(C)(C)O)c1ccc(C2CCC(CCCCC)CC2)cc1)C(C)(C)O. The van der Waals surface area contributed by atoms with Crippen LogP contribution >= 0.6 is 0 Å². The predicted octanol–water partition coefficient (Wildman–Crippen LogP) is 6.36. The zero-order valence-electron chi connectivity index (χ0n) is 24.1. The Morgan fingerprint density at radius 3 is 1.76 bits per heavy atom. The Hall–Kier alpha value is -2.44. The van der Waals surface area contributed by atoms with E-state index in [4.69, 9.17) is 9.47 Å². The van der Waals surface area contributed by atoms with Crippen LogP contribution in [0.5, 0.6) is 0 Å². The molecule has 6 nitrogen and oxygen atoms in total. The van der Waals surface area contributed by atoms with Crippen LogP contribution < -0.4 is 0 Å². The van der Waals surface area contributed by atoms with E-state index in [9.17, 15) is 19.8 Å². The molecule has 1 aliphatic rings. The average Bonchev–Trinajstić information content (AvgIpc) is 2.87. The molecule has 1 aromatic rings. The van der Waals surface area contributed by atoms with Crippen LogP contribution in [-0.2, 0) is 19.1 Å². The standard InChI is InChI=1S/C32H48O6/c1-8-9-10-11-24-12-14-25(15-13-24)26-16-18-27(19-17-26)28(20-37-29(33)22(2)31(4,5)35)21-38-30(34)23(3)32(6,7)36/h16-19,24-25,28,35-36H,2-3,8-15,20-21H2,1,4-7H3. The third kappa shape index (κ3) is 9.70. The molecule has 6 heteroatoms. The summed E-state index contributed by atoms with van der Waals surface area (Å²) >= 11 is 0. The van der Waals surface area contributed by atoms with Crippen LogP contribution in [-0.4, -0.2) is 46.6 Å². The molecule has 0 bridgehead atoms. The smallest absolute Gasteiger partial charge is 0.336 e. The van der Waals surface area contributed by atoms with Gasteiger partial charge in [-0.25, -0.2) is 9.59 Å². The van der Waals surface area contributed by atoms with E-state index in [1.54, 1.807) is 0 Å². The first kappa shape index (κ1) is 31.8. The summed E-state index contributed by atoms with van der Waals surface area (Å²) in [6, 6.07) is 8.26. The van der Waals surface area contributed by atoms with Crippen LogP contribution in [0.4, 0.5) is 0 Å². The highest BCUT2D eigenvalue weighted by Crippen LogP contribution is 2.38. The molecule has 0 saturated heterocycles. The van der Waals surface area contributed by atoms with Crippen molar-refractivity contribution < 1.29 is 29.3 Å². The minimum atomic E-state index is -1.40. The van der Waals surface area contributed by atoms with E-state index in [-0.39, 0.29) is 24.4 Å². The molecule has 1 fully saturated rings. The number of hydrogen-bond acceptors (Lipinski definition) is 6. The topological polar surface area (TPSA) is 93.1 Å². The highest BCUT2D eigenvalue weighted by Gasteiger charge is 2.29. The Bertz CT molecular complexity index is 898. The van der Waals surface area contributed by atoms with E-state index in [2.05, 4.69) is 32.2 Å². The van der Waals surface area contributed by atoms with Gasteiger partial charge in [-0.15, -0.1) is 0 Å². The van der Waals surface area contributed by atoms with Crippen LogP contribution in [0.1, 0.15) is 109 Å². The van der Waals surface area contributed by atoms with Gasteiger partial charge in [0.2, 0.25) is 0 Å². The fourth-order valence-corrected chi connectivity index (χ4v) is 4.77. The molecule has 0 heterocycles. The van der Waals surface area contributed by atoms with Gasteiger partial charge in [0.25, 0.3) is 0 Å². The Morgan fingerprint density at radius 1 is 0.868 bits per heavy atom. The third-order valence-electron chi connectivity index (χ3n) is 7.74. The number of hydrogen-bond donors (Lipinski definition) is 2. The van der Waals surface area contributed by atoms with Crippen molar-refractivity contribution in [1.29, 1.82) is 0 Å². The van der Waals surface area contributed by atoms with Gasteiger partial charge in [0.05, 0.1) is 28.3 Å². The van der Waals surface area contributed by atoms with Crippen LogP contribution in [0.3, 0.4) is 0 Å². The molecule has 0 aliphatic heterocycles. The van der Waals surface area contributed by atoms with Crippen molar-refractivity contribution >= 4 is 11.9 Å². The summed E-state index contributed by atoms with van der Waals surface area (Å²) in [6.07, 6.45) is 10.2. The van der Waals surface area contributed by atoms with E-state index in [0.717, 1.165) is 11.5 Å². The molecule has 212 valence electrons. The number of rotatable bonds is 14. The summed E-state index contributed by atoms with van der Waals surface area (Å²) in [6.45, 7) is 15.3. The average molecular weight is 529 g/mol. The summed E-state index contributed by atoms with van der Waals surface area (Å²) in [4.78, 5) is 24.9. The first-order chi connectivity index (χ1) is 17.7. The van der Waals surface area contributed by atoms with E-state index in [1.807, 2.05) is 12.1 Å². The monoisotopic (exact) mass is 528 g/mol.